The van der Waals surface area contributed by atoms with Crippen LogP contribution < -0.4 is 0 Å². The molecule has 1 aromatic rings. The minimum atomic E-state index is -1.14. The fourth-order valence-electron chi connectivity index (χ4n) is 1.65. The molecule has 0 unspecified atom stereocenters. The van der Waals surface area contributed by atoms with Crippen LogP contribution in [0.25, 0.3) is 6.08 Å². The number of ether oxygens (including phenoxy) is 1. The predicted molar refractivity (Wildman–Crippen MR) is 75.9 cm³/mol. The van der Waals surface area contributed by atoms with Crippen LogP contribution in [0.1, 0.15) is 37.8 Å². The standard InChI is InChI=1S/C16H18O4/c1-3-4-7-13-8-5-6-9-14(13)10-11-15(18)20-16(19)12(2)17/h5-6,8-11H,3-4,7H2,1-2H3/b11-10+. The molecule has 0 atom stereocenters. The maximum atomic E-state index is 11.4. The van der Waals surface area contributed by atoms with E-state index in [9.17, 15) is 14.4 Å². The number of unbranched alkanes of at least 4 members (excludes halogenated alkanes) is 1. The van der Waals surface area contributed by atoms with Gasteiger partial charge in [-0.25, -0.2) is 9.59 Å². The molecule has 106 valence electrons. The lowest BCUT2D eigenvalue weighted by Gasteiger charge is -2.04. The number of hydrogen-bond acceptors (Lipinski definition) is 4. The van der Waals surface area contributed by atoms with Gasteiger partial charge < -0.3 is 4.74 Å². The molecular formula is C16H18O4. The van der Waals surface area contributed by atoms with Crippen molar-refractivity contribution in [3.8, 4) is 0 Å². The van der Waals surface area contributed by atoms with Gasteiger partial charge in [0.25, 0.3) is 0 Å². The highest BCUT2D eigenvalue weighted by Crippen LogP contribution is 2.13. The average molecular weight is 274 g/mol. The largest absolute Gasteiger partial charge is 0.384 e. The number of rotatable bonds is 6. The molecule has 0 aliphatic heterocycles. The monoisotopic (exact) mass is 274 g/mol. The zero-order valence-corrected chi connectivity index (χ0v) is 11.7. The van der Waals surface area contributed by atoms with Crippen molar-refractivity contribution in [1.29, 1.82) is 0 Å². The molecule has 0 saturated heterocycles. The summed E-state index contributed by atoms with van der Waals surface area (Å²) in [6.07, 6.45) is 5.84. The van der Waals surface area contributed by atoms with Crippen LogP contribution in [-0.2, 0) is 25.5 Å². The van der Waals surface area contributed by atoms with Crippen molar-refractivity contribution in [2.75, 3.05) is 0 Å². The number of ketones is 1. The molecule has 1 aromatic carbocycles. The third-order valence-corrected chi connectivity index (χ3v) is 2.73. The van der Waals surface area contributed by atoms with Gasteiger partial charge in [0.1, 0.15) is 0 Å². The lowest BCUT2D eigenvalue weighted by molar-refractivity contribution is -0.161. The molecular weight excluding hydrogens is 256 g/mol. The lowest BCUT2D eigenvalue weighted by atomic mass is 10.0. The summed E-state index contributed by atoms with van der Waals surface area (Å²) < 4.78 is 4.34. The number of aryl methyl sites for hydroxylation is 1. The number of Topliss-reactive ketones (excluding diaryl/α,β-unsaturated/α-hetero) is 1. The van der Waals surface area contributed by atoms with Gasteiger partial charge in [0, 0.05) is 13.0 Å². The maximum absolute atomic E-state index is 11.4. The van der Waals surface area contributed by atoms with E-state index in [1.54, 1.807) is 6.08 Å². The summed E-state index contributed by atoms with van der Waals surface area (Å²) >= 11 is 0. The Labute approximate surface area is 118 Å². The summed E-state index contributed by atoms with van der Waals surface area (Å²) in [5, 5.41) is 0. The highest BCUT2D eigenvalue weighted by molar-refractivity contribution is 6.34. The lowest BCUT2D eigenvalue weighted by Crippen LogP contribution is -2.17. The smallest absolute Gasteiger partial charge is 0.382 e. The van der Waals surface area contributed by atoms with E-state index in [0.717, 1.165) is 43.4 Å². The first-order valence-corrected chi connectivity index (χ1v) is 6.57. The molecule has 0 spiro atoms. The van der Waals surface area contributed by atoms with Crippen LogP contribution in [-0.4, -0.2) is 17.7 Å². The number of carbonyl (C=O) groups is 3. The maximum Gasteiger partial charge on any atom is 0.382 e. The molecule has 0 amide bonds. The van der Waals surface area contributed by atoms with Crippen LogP contribution in [0.15, 0.2) is 30.3 Å². The zero-order chi connectivity index (χ0) is 15.0. The normalized spacial score (nSPS) is 10.5. The summed E-state index contributed by atoms with van der Waals surface area (Å²) in [6.45, 7) is 3.17. The van der Waals surface area contributed by atoms with E-state index in [0.29, 0.717) is 0 Å². The van der Waals surface area contributed by atoms with E-state index in [1.165, 1.54) is 0 Å². The first-order chi connectivity index (χ1) is 9.54. The van der Waals surface area contributed by atoms with Crippen LogP contribution in [0.3, 0.4) is 0 Å². The highest BCUT2D eigenvalue weighted by atomic mass is 16.6. The van der Waals surface area contributed by atoms with Crippen molar-refractivity contribution < 1.29 is 19.1 Å². The first-order valence-electron chi connectivity index (χ1n) is 6.57. The molecule has 0 aliphatic rings. The Morgan fingerprint density at radius 1 is 1.20 bits per heavy atom. The summed E-state index contributed by atoms with van der Waals surface area (Å²) in [4.78, 5) is 33.0. The van der Waals surface area contributed by atoms with Gasteiger partial charge in [-0.05, 0) is 30.0 Å². The van der Waals surface area contributed by atoms with E-state index in [-0.39, 0.29) is 0 Å². The Morgan fingerprint density at radius 2 is 1.90 bits per heavy atom. The molecule has 0 fully saturated rings. The molecule has 0 radical (unpaired) electrons. The number of benzene rings is 1. The van der Waals surface area contributed by atoms with Gasteiger partial charge in [-0.2, -0.15) is 0 Å². The zero-order valence-electron chi connectivity index (χ0n) is 11.7. The van der Waals surface area contributed by atoms with Gasteiger partial charge in [-0.3, -0.25) is 4.79 Å². The molecule has 4 heteroatoms. The minimum Gasteiger partial charge on any atom is -0.384 e. The Bertz CT molecular complexity index is 529. The summed E-state index contributed by atoms with van der Waals surface area (Å²) in [5.41, 5.74) is 2.05. The summed E-state index contributed by atoms with van der Waals surface area (Å²) in [7, 11) is 0. The molecule has 1 rings (SSSR count). The molecule has 0 heterocycles. The SMILES string of the molecule is CCCCc1ccccc1/C=C/C(=O)OC(=O)C(C)=O. The summed E-state index contributed by atoms with van der Waals surface area (Å²) in [5.74, 6) is -2.77. The Kier molecular flexibility index (Phi) is 6.37. The van der Waals surface area contributed by atoms with E-state index in [2.05, 4.69) is 11.7 Å². The van der Waals surface area contributed by atoms with Crippen molar-refractivity contribution in [2.24, 2.45) is 0 Å². The molecule has 0 aliphatic carbocycles. The fourth-order valence-corrected chi connectivity index (χ4v) is 1.65. The fraction of sp³-hybridized carbons (Fsp3) is 0.312. The number of hydrogen-bond donors (Lipinski definition) is 0. The van der Waals surface area contributed by atoms with E-state index < -0.39 is 17.7 Å². The van der Waals surface area contributed by atoms with Crippen LogP contribution in [0, 0.1) is 0 Å². The molecule has 0 bridgehead atoms. The first kappa shape index (κ1) is 15.8. The molecule has 0 aromatic heterocycles. The van der Waals surface area contributed by atoms with Gasteiger partial charge in [0.15, 0.2) is 0 Å². The molecule has 0 saturated carbocycles. The van der Waals surface area contributed by atoms with E-state index in [4.69, 9.17) is 0 Å². The van der Waals surface area contributed by atoms with Gasteiger partial charge in [0.05, 0.1) is 0 Å². The van der Waals surface area contributed by atoms with Crippen LogP contribution in [0.5, 0.6) is 0 Å². The highest BCUT2D eigenvalue weighted by Gasteiger charge is 2.12. The van der Waals surface area contributed by atoms with Crippen LogP contribution in [0.2, 0.25) is 0 Å². The molecule has 20 heavy (non-hydrogen) atoms. The van der Waals surface area contributed by atoms with E-state index in [1.807, 2.05) is 24.3 Å². The predicted octanol–water partition coefficient (Wildman–Crippen LogP) is 2.70. The number of esters is 2. The third kappa shape index (κ3) is 5.18. The van der Waals surface area contributed by atoms with Gasteiger partial charge >= 0.3 is 11.9 Å². The van der Waals surface area contributed by atoms with Gasteiger partial charge in [-0.1, -0.05) is 37.6 Å². The Hall–Kier alpha value is -2.23. The van der Waals surface area contributed by atoms with Crippen LogP contribution >= 0.6 is 0 Å². The van der Waals surface area contributed by atoms with E-state index >= 15 is 0 Å². The van der Waals surface area contributed by atoms with Crippen molar-refractivity contribution >= 4 is 23.8 Å². The minimum absolute atomic E-state index is 0.796. The van der Waals surface area contributed by atoms with Crippen molar-refractivity contribution in [3.05, 3.63) is 41.5 Å². The second-order valence-electron chi connectivity index (χ2n) is 4.40. The Balaban J connectivity index is 2.72. The van der Waals surface area contributed by atoms with Crippen molar-refractivity contribution in [1.82, 2.24) is 0 Å². The Morgan fingerprint density at radius 3 is 2.55 bits per heavy atom. The molecule has 4 nitrogen and oxygen atoms in total. The van der Waals surface area contributed by atoms with Crippen molar-refractivity contribution in [3.63, 3.8) is 0 Å². The molecule has 0 N–H and O–H groups in total. The van der Waals surface area contributed by atoms with Crippen LogP contribution in [0.4, 0.5) is 0 Å². The summed E-state index contributed by atoms with van der Waals surface area (Å²) in [6, 6.07) is 7.71. The number of carbonyl (C=O) groups excluding carboxylic acids is 3. The van der Waals surface area contributed by atoms with Gasteiger partial charge in [0.2, 0.25) is 5.78 Å². The van der Waals surface area contributed by atoms with Gasteiger partial charge in [-0.15, -0.1) is 0 Å². The second-order valence-corrected chi connectivity index (χ2v) is 4.40. The quantitative estimate of drug-likeness (QED) is 0.346. The average Bonchev–Trinajstić information content (AvgIpc) is 2.43. The second kappa shape index (κ2) is 8.04. The topological polar surface area (TPSA) is 60.4 Å². The third-order valence-electron chi connectivity index (χ3n) is 2.73. The van der Waals surface area contributed by atoms with Crippen molar-refractivity contribution in [2.45, 2.75) is 33.1 Å².